The molecule has 102 valence electrons. The van der Waals surface area contributed by atoms with E-state index >= 15 is 0 Å². The van der Waals surface area contributed by atoms with Crippen LogP contribution in [0.4, 0.5) is 18.9 Å². The van der Waals surface area contributed by atoms with Crippen LogP contribution in [-0.4, -0.2) is 11.9 Å². The highest BCUT2D eigenvalue weighted by atomic mass is 19.4. The van der Waals surface area contributed by atoms with E-state index in [1.165, 1.54) is 17.7 Å². The summed E-state index contributed by atoms with van der Waals surface area (Å²) in [5.74, 6) is -0.175. The minimum Gasteiger partial charge on any atom is -0.406 e. The van der Waals surface area contributed by atoms with E-state index in [1.807, 2.05) is 6.08 Å². The van der Waals surface area contributed by atoms with Gasteiger partial charge in [-0.15, -0.1) is 13.2 Å². The Morgan fingerprint density at radius 2 is 2.11 bits per heavy atom. The fraction of sp³-hybridized carbons (Fsp3) is 0.429. The van der Waals surface area contributed by atoms with Gasteiger partial charge in [0.2, 0.25) is 0 Å². The Balaban J connectivity index is 1.95. The average molecular weight is 269 g/mol. The summed E-state index contributed by atoms with van der Waals surface area (Å²) in [5.41, 5.74) is 2.84. The van der Waals surface area contributed by atoms with Crippen molar-refractivity contribution in [2.75, 3.05) is 5.32 Å². The van der Waals surface area contributed by atoms with Gasteiger partial charge in [-0.2, -0.15) is 0 Å². The lowest BCUT2D eigenvalue weighted by atomic mass is 9.89. The van der Waals surface area contributed by atoms with Crippen molar-refractivity contribution in [1.29, 1.82) is 0 Å². The van der Waals surface area contributed by atoms with Crippen molar-refractivity contribution in [3.8, 4) is 5.75 Å². The Morgan fingerprint density at radius 1 is 1.32 bits per heavy atom. The second kappa shape index (κ2) is 3.92. The molecule has 5 heteroatoms. The highest BCUT2D eigenvalue weighted by molar-refractivity contribution is 5.76. The third kappa shape index (κ3) is 2.29. The van der Waals surface area contributed by atoms with E-state index in [-0.39, 0.29) is 11.3 Å². The van der Waals surface area contributed by atoms with Crippen molar-refractivity contribution in [1.82, 2.24) is 0 Å². The van der Waals surface area contributed by atoms with Crippen molar-refractivity contribution >= 4 is 11.8 Å². The molecule has 1 fully saturated rings. The molecule has 1 unspecified atom stereocenters. The standard InChI is InChI=1S/C14H14F3NO/c1-13-6-2-3-10(13)7-9-8-11(19-14(15,16)17)4-5-12(9)18-13/h4-5,7-8,18H,2-3,6H2,1H3. The first-order valence-electron chi connectivity index (χ1n) is 6.25. The fourth-order valence-corrected chi connectivity index (χ4v) is 2.90. The van der Waals surface area contributed by atoms with Gasteiger partial charge >= 0.3 is 6.36 Å². The maximum atomic E-state index is 12.2. The van der Waals surface area contributed by atoms with Crippen molar-refractivity contribution < 1.29 is 17.9 Å². The van der Waals surface area contributed by atoms with Gasteiger partial charge in [0.05, 0.1) is 5.54 Å². The molecular formula is C14H14F3NO. The first-order valence-corrected chi connectivity index (χ1v) is 6.25. The molecule has 0 amide bonds. The van der Waals surface area contributed by atoms with Gasteiger partial charge in [-0.3, -0.25) is 0 Å². The zero-order valence-corrected chi connectivity index (χ0v) is 10.5. The van der Waals surface area contributed by atoms with Crippen LogP contribution in [0.15, 0.2) is 23.8 Å². The Morgan fingerprint density at radius 3 is 2.84 bits per heavy atom. The Labute approximate surface area is 109 Å². The molecule has 1 aliphatic carbocycles. The molecule has 1 N–H and O–H groups in total. The number of hydrogen-bond donors (Lipinski definition) is 1. The minimum absolute atomic E-state index is 0.0423. The summed E-state index contributed by atoms with van der Waals surface area (Å²) in [7, 11) is 0. The molecule has 2 aliphatic rings. The number of anilines is 1. The van der Waals surface area contributed by atoms with Gasteiger partial charge in [-0.05, 0) is 50.0 Å². The molecule has 0 radical (unpaired) electrons. The van der Waals surface area contributed by atoms with Crippen molar-refractivity contribution in [2.45, 2.75) is 38.1 Å². The topological polar surface area (TPSA) is 21.3 Å². The number of hydrogen-bond acceptors (Lipinski definition) is 2. The molecule has 3 rings (SSSR count). The summed E-state index contributed by atoms with van der Waals surface area (Å²) >= 11 is 0. The SMILES string of the molecule is CC12CCCC1=Cc1cc(OC(F)(F)F)ccc1N2. The second-order valence-electron chi connectivity index (χ2n) is 5.28. The quantitative estimate of drug-likeness (QED) is 0.819. The molecule has 0 bridgehead atoms. The number of nitrogens with one attached hydrogen (secondary N) is 1. The second-order valence-corrected chi connectivity index (χ2v) is 5.28. The summed E-state index contributed by atoms with van der Waals surface area (Å²) in [4.78, 5) is 0. The van der Waals surface area contributed by atoms with Crippen LogP contribution in [0.2, 0.25) is 0 Å². The first-order chi connectivity index (χ1) is 8.86. The van der Waals surface area contributed by atoms with Gasteiger partial charge < -0.3 is 10.1 Å². The number of rotatable bonds is 1. The van der Waals surface area contributed by atoms with E-state index in [9.17, 15) is 13.2 Å². The predicted octanol–water partition coefficient (Wildman–Crippen LogP) is 4.34. The summed E-state index contributed by atoms with van der Waals surface area (Å²) in [6.07, 6.45) is 0.495. The molecule has 0 spiro atoms. The van der Waals surface area contributed by atoms with Crippen LogP contribution >= 0.6 is 0 Å². The summed E-state index contributed by atoms with van der Waals surface area (Å²) in [6.45, 7) is 2.13. The van der Waals surface area contributed by atoms with Crippen LogP contribution in [0.1, 0.15) is 31.7 Å². The summed E-state index contributed by atoms with van der Waals surface area (Å²) < 4.78 is 40.5. The number of alkyl halides is 3. The van der Waals surface area contributed by atoms with Crippen LogP contribution in [0.5, 0.6) is 5.75 Å². The smallest absolute Gasteiger partial charge is 0.406 e. The third-order valence-electron chi connectivity index (χ3n) is 3.83. The molecule has 19 heavy (non-hydrogen) atoms. The molecule has 1 aliphatic heterocycles. The average Bonchev–Trinajstić information content (AvgIpc) is 2.64. The first kappa shape index (κ1) is 12.4. The predicted molar refractivity (Wildman–Crippen MR) is 67.0 cm³/mol. The van der Waals surface area contributed by atoms with Crippen LogP contribution in [-0.2, 0) is 0 Å². The molecule has 1 saturated carbocycles. The highest BCUT2D eigenvalue weighted by Crippen LogP contribution is 2.44. The molecule has 1 aromatic rings. The lowest BCUT2D eigenvalue weighted by molar-refractivity contribution is -0.274. The van der Waals surface area contributed by atoms with Crippen LogP contribution in [0.25, 0.3) is 6.08 Å². The normalized spacial score (nSPS) is 25.2. The monoisotopic (exact) mass is 269 g/mol. The van der Waals surface area contributed by atoms with E-state index < -0.39 is 6.36 Å². The van der Waals surface area contributed by atoms with Crippen LogP contribution < -0.4 is 10.1 Å². The maximum absolute atomic E-state index is 12.2. The van der Waals surface area contributed by atoms with Gasteiger partial charge in [0.25, 0.3) is 0 Å². The van der Waals surface area contributed by atoms with E-state index in [0.717, 1.165) is 30.5 Å². The zero-order valence-electron chi connectivity index (χ0n) is 10.5. The van der Waals surface area contributed by atoms with Crippen LogP contribution in [0.3, 0.4) is 0 Å². The van der Waals surface area contributed by atoms with E-state index in [4.69, 9.17) is 0 Å². The molecule has 1 aromatic carbocycles. The number of ether oxygens (including phenoxy) is 1. The molecule has 0 saturated heterocycles. The molecular weight excluding hydrogens is 255 g/mol. The van der Waals surface area contributed by atoms with Crippen molar-refractivity contribution in [3.05, 3.63) is 29.3 Å². The Kier molecular flexibility index (Phi) is 2.56. The van der Waals surface area contributed by atoms with Crippen molar-refractivity contribution in [3.63, 3.8) is 0 Å². The van der Waals surface area contributed by atoms with Gasteiger partial charge in [0.1, 0.15) is 5.75 Å². The van der Waals surface area contributed by atoms with Gasteiger partial charge in [0, 0.05) is 11.3 Å². The van der Waals surface area contributed by atoms with Gasteiger partial charge in [-0.1, -0.05) is 6.08 Å². The van der Waals surface area contributed by atoms with Crippen molar-refractivity contribution in [2.24, 2.45) is 0 Å². The Hall–Kier alpha value is -1.65. The third-order valence-corrected chi connectivity index (χ3v) is 3.83. The zero-order chi connectivity index (χ0) is 13.7. The maximum Gasteiger partial charge on any atom is 0.573 e. The number of halogens is 3. The molecule has 2 nitrogen and oxygen atoms in total. The largest absolute Gasteiger partial charge is 0.573 e. The lowest BCUT2D eigenvalue weighted by Crippen LogP contribution is -2.35. The molecule has 0 aromatic heterocycles. The summed E-state index contributed by atoms with van der Waals surface area (Å²) in [5, 5.41) is 3.42. The lowest BCUT2D eigenvalue weighted by Gasteiger charge is -2.34. The van der Waals surface area contributed by atoms with Crippen LogP contribution in [0, 0.1) is 0 Å². The molecule has 1 heterocycles. The van der Waals surface area contributed by atoms with Gasteiger partial charge in [0.15, 0.2) is 0 Å². The van der Waals surface area contributed by atoms with E-state index in [2.05, 4.69) is 17.0 Å². The highest BCUT2D eigenvalue weighted by Gasteiger charge is 2.37. The van der Waals surface area contributed by atoms with E-state index in [1.54, 1.807) is 6.07 Å². The van der Waals surface area contributed by atoms with Gasteiger partial charge in [-0.25, -0.2) is 0 Å². The molecule has 1 atom stereocenters. The minimum atomic E-state index is -4.65. The summed E-state index contributed by atoms with van der Waals surface area (Å²) in [6, 6.07) is 4.42. The Bertz CT molecular complexity index is 550. The number of benzene rings is 1. The van der Waals surface area contributed by atoms with E-state index in [0.29, 0.717) is 0 Å². The fourth-order valence-electron chi connectivity index (χ4n) is 2.90. The number of fused-ring (bicyclic) bond motifs is 2.